The van der Waals surface area contributed by atoms with Crippen molar-refractivity contribution >= 4 is 22.8 Å². The van der Waals surface area contributed by atoms with Crippen LogP contribution in [0.25, 0.3) is 11.0 Å². The Kier molecular flexibility index (Phi) is 6.71. The third-order valence-electron chi connectivity index (χ3n) is 8.00. The van der Waals surface area contributed by atoms with Crippen LogP contribution in [0.4, 0.5) is 5.82 Å². The van der Waals surface area contributed by atoms with Gasteiger partial charge in [0.15, 0.2) is 18.2 Å². The number of fused-ring (bicyclic) bond motifs is 5. The van der Waals surface area contributed by atoms with Crippen LogP contribution in [0, 0.1) is 0 Å². The second-order valence-corrected chi connectivity index (χ2v) is 10.4. The van der Waals surface area contributed by atoms with Gasteiger partial charge in [0.05, 0.1) is 48.3 Å². The van der Waals surface area contributed by atoms with Gasteiger partial charge >= 0.3 is 0 Å². The highest BCUT2D eigenvalue weighted by Crippen LogP contribution is 2.46. The van der Waals surface area contributed by atoms with Crippen molar-refractivity contribution in [3.8, 4) is 11.5 Å². The number of carbonyl (C=O) groups excluding carboxylic acids is 1. The minimum atomic E-state index is -0.896. The zero-order valence-corrected chi connectivity index (χ0v) is 21.4. The standard InChI is InChI=1S/C27H31N5O7/c33-9-10-37-18-11-20-19(28-13-18)2-4-24(36)32(20)14-22(34)27-7-5-26(6-8-27,16-39-27)29-12-17-1-3-21-25(30-17)31-23(35)15-38-21/h1-4,11,13,22,29,33-34H,5-10,12,14-16H2,(H,30,31,35). The molecule has 1 atom stereocenters. The highest BCUT2D eigenvalue weighted by Gasteiger charge is 2.53. The molecular formula is C27H31N5O7. The summed E-state index contributed by atoms with van der Waals surface area (Å²) in [7, 11) is 0. The van der Waals surface area contributed by atoms with E-state index in [4.69, 9.17) is 19.3 Å². The quantitative estimate of drug-likeness (QED) is 0.307. The molecule has 3 fully saturated rings. The van der Waals surface area contributed by atoms with E-state index in [0.29, 0.717) is 54.3 Å². The molecule has 0 aromatic carbocycles. The van der Waals surface area contributed by atoms with Crippen LogP contribution in [0.5, 0.6) is 11.5 Å². The topological polar surface area (TPSA) is 157 Å². The molecule has 0 radical (unpaired) electrons. The van der Waals surface area contributed by atoms with Crippen molar-refractivity contribution in [1.29, 1.82) is 0 Å². The summed E-state index contributed by atoms with van der Waals surface area (Å²) in [6, 6.07) is 8.47. The molecule has 2 bridgehead atoms. The molecule has 2 saturated heterocycles. The number of carbonyl (C=O) groups is 1. The lowest BCUT2D eigenvalue weighted by atomic mass is 9.69. The van der Waals surface area contributed by atoms with Gasteiger partial charge in [-0.1, -0.05) is 0 Å². The molecular weight excluding hydrogens is 506 g/mol. The second-order valence-electron chi connectivity index (χ2n) is 10.4. The van der Waals surface area contributed by atoms with Gasteiger partial charge in [0.2, 0.25) is 0 Å². The number of aliphatic hydroxyl groups is 2. The van der Waals surface area contributed by atoms with Gasteiger partial charge in [-0.05, 0) is 43.9 Å². The average molecular weight is 538 g/mol. The Balaban J connectivity index is 1.13. The predicted molar refractivity (Wildman–Crippen MR) is 140 cm³/mol. The van der Waals surface area contributed by atoms with Crippen LogP contribution in [-0.4, -0.2) is 74.3 Å². The zero-order valence-electron chi connectivity index (χ0n) is 21.4. The van der Waals surface area contributed by atoms with E-state index in [0.717, 1.165) is 18.5 Å². The van der Waals surface area contributed by atoms with E-state index >= 15 is 0 Å². The molecule has 4 N–H and O–H groups in total. The van der Waals surface area contributed by atoms with Crippen molar-refractivity contribution in [2.75, 3.05) is 31.7 Å². The fourth-order valence-electron chi connectivity index (χ4n) is 5.68. The van der Waals surface area contributed by atoms with Crippen molar-refractivity contribution in [1.82, 2.24) is 19.9 Å². The van der Waals surface area contributed by atoms with Crippen LogP contribution < -0.4 is 25.7 Å². The number of aromatic nitrogens is 3. The first kappa shape index (κ1) is 25.7. The van der Waals surface area contributed by atoms with Crippen molar-refractivity contribution in [2.24, 2.45) is 0 Å². The number of nitrogens with one attached hydrogen (secondary N) is 2. The molecule has 12 nitrogen and oxygen atoms in total. The number of aliphatic hydroxyl groups excluding tert-OH is 2. The van der Waals surface area contributed by atoms with Gasteiger partial charge in [0.1, 0.15) is 18.5 Å². The predicted octanol–water partition coefficient (Wildman–Crippen LogP) is 0.726. The minimum absolute atomic E-state index is 0.00751. The first-order valence-corrected chi connectivity index (χ1v) is 13.1. The molecule has 3 aliphatic heterocycles. The molecule has 12 heteroatoms. The van der Waals surface area contributed by atoms with Crippen molar-refractivity contribution in [2.45, 2.75) is 56.0 Å². The Morgan fingerprint density at radius 1 is 1.18 bits per heavy atom. The number of hydrogen-bond acceptors (Lipinski definition) is 10. The molecule has 39 heavy (non-hydrogen) atoms. The summed E-state index contributed by atoms with van der Waals surface area (Å²) in [5.74, 6) is 1.21. The molecule has 3 aromatic rings. The fraction of sp³-hybridized carbons (Fsp3) is 0.481. The van der Waals surface area contributed by atoms with Crippen LogP contribution in [0.2, 0.25) is 0 Å². The number of rotatable bonds is 9. The third kappa shape index (κ3) is 4.96. The lowest BCUT2D eigenvalue weighted by molar-refractivity contribution is -0.211. The number of hydrogen-bond donors (Lipinski definition) is 4. The van der Waals surface area contributed by atoms with Gasteiger partial charge in [0.25, 0.3) is 11.5 Å². The fourth-order valence-corrected chi connectivity index (χ4v) is 5.68. The molecule has 206 valence electrons. The zero-order chi connectivity index (χ0) is 27.0. The molecule has 1 saturated carbocycles. The summed E-state index contributed by atoms with van der Waals surface area (Å²) in [6.45, 7) is 0.973. The van der Waals surface area contributed by atoms with Gasteiger partial charge in [-0.2, -0.15) is 0 Å². The first-order valence-electron chi connectivity index (χ1n) is 13.1. The number of nitrogens with zero attached hydrogens (tertiary/aromatic N) is 3. The molecule has 1 unspecified atom stereocenters. The van der Waals surface area contributed by atoms with Crippen LogP contribution in [0.3, 0.4) is 0 Å². The van der Waals surface area contributed by atoms with E-state index in [9.17, 15) is 14.7 Å². The minimum Gasteiger partial charge on any atom is -0.490 e. The summed E-state index contributed by atoms with van der Waals surface area (Å²) in [6.07, 6.45) is 3.55. The molecule has 7 rings (SSSR count). The van der Waals surface area contributed by atoms with E-state index in [1.54, 1.807) is 18.3 Å². The van der Waals surface area contributed by atoms with E-state index in [2.05, 4.69) is 20.6 Å². The van der Waals surface area contributed by atoms with Gasteiger partial charge in [-0.3, -0.25) is 14.6 Å². The van der Waals surface area contributed by atoms with Crippen LogP contribution >= 0.6 is 0 Å². The summed E-state index contributed by atoms with van der Waals surface area (Å²) < 4.78 is 18.7. The number of anilines is 1. The number of amides is 1. The van der Waals surface area contributed by atoms with E-state index < -0.39 is 11.7 Å². The Morgan fingerprint density at radius 3 is 2.79 bits per heavy atom. The Hall–Kier alpha value is -3.58. The highest BCUT2D eigenvalue weighted by atomic mass is 16.5. The Bertz CT molecular complexity index is 1430. The summed E-state index contributed by atoms with van der Waals surface area (Å²) in [4.78, 5) is 33.3. The van der Waals surface area contributed by atoms with Gasteiger partial charge in [0, 0.05) is 24.2 Å². The Labute approximate surface area is 223 Å². The van der Waals surface area contributed by atoms with Gasteiger partial charge < -0.3 is 39.6 Å². The molecule has 3 aromatic heterocycles. The summed E-state index contributed by atoms with van der Waals surface area (Å²) in [5.41, 5.74) is 0.709. The van der Waals surface area contributed by atoms with Crippen LogP contribution in [0.15, 0.2) is 41.3 Å². The lowest BCUT2D eigenvalue weighted by Crippen LogP contribution is -2.65. The van der Waals surface area contributed by atoms with Crippen LogP contribution in [0.1, 0.15) is 31.4 Å². The number of pyridine rings is 3. The normalized spacial score (nSPS) is 24.6. The van der Waals surface area contributed by atoms with E-state index in [1.807, 2.05) is 12.1 Å². The molecule has 6 heterocycles. The second kappa shape index (κ2) is 10.2. The van der Waals surface area contributed by atoms with E-state index in [-0.39, 0.29) is 43.4 Å². The summed E-state index contributed by atoms with van der Waals surface area (Å²) >= 11 is 0. The largest absolute Gasteiger partial charge is 0.490 e. The van der Waals surface area contributed by atoms with Gasteiger partial charge in [-0.25, -0.2) is 4.98 Å². The highest BCUT2D eigenvalue weighted by molar-refractivity contribution is 5.94. The maximum atomic E-state index is 12.8. The lowest BCUT2D eigenvalue weighted by Gasteiger charge is -2.55. The third-order valence-corrected chi connectivity index (χ3v) is 8.00. The molecule has 1 amide bonds. The smallest absolute Gasteiger partial charge is 0.263 e. The molecule has 4 aliphatic rings. The van der Waals surface area contributed by atoms with Crippen LogP contribution in [-0.2, 0) is 22.6 Å². The van der Waals surface area contributed by atoms with Crippen molar-refractivity contribution < 1.29 is 29.2 Å². The molecule has 0 spiro atoms. The van der Waals surface area contributed by atoms with E-state index in [1.165, 1.54) is 10.6 Å². The van der Waals surface area contributed by atoms with Gasteiger partial charge in [-0.15, -0.1) is 0 Å². The Morgan fingerprint density at radius 2 is 2.03 bits per heavy atom. The monoisotopic (exact) mass is 537 g/mol. The van der Waals surface area contributed by atoms with Crippen molar-refractivity contribution in [3.63, 3.8) is 0 Å². The first-order chi connectivity index (χ1) is 18.9. The summed E-state index contributed by atoms with van der Waals surface area (Å²) in [5, 5.41) is 26.8. The maximum absolute atomic E-state index is 12.8. The molecule has 1 aliphatic carbocycles. The number of ether oxygens (including phenoxy) is 3. The van der Waals surface area contributed by atoms with Crippen molar-refractivity contribution in [3.05, 3.63) is 52.6 Å². The SMILES string of the molecule is O=C1COc2ccc(CNC34CCC(C(O)Cn5c(=O)ccc6ncc(OCCO)cc65)(CC3)OC4)nc2N1. The maximum Gasteiger partial charge on any atom is 0.263 e. The average Bonchev–Trinajstić information content (AvgIpc) is 2.97.